The Balaban J connectivity index is 1.50. The molecule has 2 heterocycles. The molecule has 0 spiro atoms. The zero-order valence-electron chi connectivity index (χ0n) is 16.7. The molecule has 5 heteroatoms. The van der Waals surface area contributed by atoms with Crippen LogP contribution < -0.4 is 5.32 Å². The Morgan fingerprint density at radius 3 is 2.89 bits per heavy atom. The van der Waals surface area contributed by atoms with E-state index in [0.29, 0.717) is 19.0 Å². The molecule has 0 saturated carbocycles. The number of aryl methyl sites for hydroxylation is 1. The summed E-state index contributed by atoms with van der Waals surface area (Å²) in [4.78, 5) is 23.3. The minimum absolute atomic E-state index is 0.122. The number of aromatic nitrogens is 2. The van der Waals surface area contributed by atoms with Crippen LogP contribution in [0.1, 0.15) is 46.6 Å². The smallest absolute Gasteiger partial charge is 0.254 e. The average molecular weight is 377 g/mol. The number of carbonyl (C=O) groups excluding carboxylic acids is 1. The van der Waals surface area contributed by atoms with Crippen molar-refractivity contribution in [2.45, 2.75) is 32.6 Å². The molecule has 4 rings (SSSR count). The highest BCUT2D eigenvalue weighted by molar-refractivity contribution is 5.96. The fourth-order valence-electron chi connectivity index (χ4n) is 4.08. The summed E-state index contributed by atoms with van der Waals surface area (Å²) in [6, 6.07) is 14.3. The highest BCUT2D eigenvalue weighted by atomic mass is 16.2. The highest BCUT2D eigenvalue weighted by Gasteiger charge is 2.24. The summed E-state index contributed by atoms with van der Waals surface area (Å²) in [6.07, 6.45) is 1.81. The summed E-state index contributed by atoms with van der Waals surface area (Å²) in [6.45, 7) is 7.44. The summed E-state index contributed by atoms with van der Waals surface area (Å²) in [5, 5.41) is 3.41. The lowest BCUT2D eigenvalue weighted by Gasteiger charge is -2.23. The van der Waals surface area contributed by atoms with Gasteiger partial charge in [-0.1, -0.05) is 24.3 Å². The van der Waals surface area contributed by atoms with Crippen molar-refractivity contribution in [3.05, 3.63) is 65.0 Å². The van der Waals surface area contributed by atoms with Crippen LogP contribution in [0.2, 0.25) is 0 Å². The number of H-pyrrole nitrogens is 1. The van der Waals surface area contributed by atoms with Crippen LogP contribution in [0.4, 0.5) is 0 Å². The number of hydrogen-bond donors (Lipinski definition) is 2. The number of imidazole rings is 1. The number of likely N-dealkylation sites (N-methyl/N-ethyl adjacent to an activating group) is 1. The predicted octanol–water partition coefficient (Wildman–Crippen LogP) is 3.65. The first-order chi connectivity index (χ1) is 13.7. The van der Waals surface area contributed by atoms with Gasteiger partial charge in [0.15, 0.2) is 0 Å². The van der Waals surface area contributed by atoms with Crippen LogP contribution in [0.25, 0.3) is 11.0 Å². The van der Waals surface area contributed by atoms with E-state index in [4.69, 9.17) is 0 Å². The number of nitrogens with one attached hydrogen (secondary N) is 2. The van der Waals surface area contributed by atoms with Crippen molar-refractivity contribution in [2.24, 2.45) is 0 Å². The van der Waals surface area contributed by atoms with Crippen LogP contribution in [-0.4, -0.2) is 47.0 Å². The largest absolute Gasteiger partial charge is 0.342 e. The first-order valence-electron chi connectivity index (χ1n) is 10.2. The molecular weight excluding hydrogens is 348 g/mol. The van der Waals surface area contributed by atoms with E-state index in [1.807, 2.05) is 36.1 Å². The molecule has 2 N–H and O–H groups in total. The van der Waals surface area contributed by atoms with Gasteiger partial charge in [0.1, 0.15) is 5.82 Å². The summed E-state index contributed by atoms with van der Waals surface area (Å²) >= 11 is 0. The van der Waals surface area contributed by atoms with Crippen LogP contribution in [0.3, 0.4) is 0 Å². The Hall–Kier alpha value is -2.66. The van der Waals surface area contributed by atoms with Gasteiger partial charge >= 0.3 is 0 Å². The maximum atomic E-state index is 13.3. The van der Waals surface area contributed by atoms with E-state index in [-0.39, 0.29) is 5.91 Å². The second-order valence-corrected chi connectivity index (χ2v) is 7.62. The molecule has 1 fully saturated rings. The molecule has 1 aliphatic heterocycles. The number of fused-ring (bicyclic) bond motifs is 1. The third kappa shape index (κ3) is 3.80. The van der Waals surface area contributed by atoms with Crippen LogP contribution in [0.15, 0.2) is 42.5 Å². The molecule has 3 aromatic rings. The zero-order valence-corrected chi connectivity index (χ0v) is 16.7. The molecule has 146 valence electrons. The number of amides is 1. The monoisotopic (exact) mass is 376 g/mol. The van der Waals surface area contributed by atoms with Crippen molar-refractivity contribution in [1.29, 1.82) is 0 Å². The molecule has 0 aliphatic carbocycles. The molecule has 0 unspecified atom stereocenters. The molecule has 5 nitrogen and oxygen atoms in total. The third-order valence-electron chi connectivity index (χ3n) is 5.67. The van der Waals surface area contributed by atoms with Crippen molar-refractivity contribution in [1.82, 2.24) is 20.2 Å². The molecule has 28 heavy (non-hydrogen) atoms. The number of aromatic amines is 1. The lowest BCUT2D eigenvalue weighted by molar-refractivity contribution is 0.0764. The van der Waals surface area contributed by atoms with Crippen LogP contribution in [0.5, 0.6) is 0 Å². The van der Waals surface area contributed by atoms with E-state index in [0.717, 1.165) is 48.4 Å². The molecule has 2 aromatic carbocycles. The third-order valence-corrected chi connectivity index (χ3v) is 5.67. The van der Waals surface area contributed by atoms with Gasteiger partial charge in [-0.15, -0.1) is 0 Å². The molecule has 1 aliphatic rings. The van der Waals surface area contributed by atoms with Gasteiger partial charge in [-0.2, -0.15) is 0 Å². The number of benzene rings is 2. The summed E-state index contributed by atoms with van der Waals surface area (Å²) in [5.74, 6) is 1.48. The second-order valence-electron chi connectivity index (χ2n) is 7.62. The number of hydrogen-bond acceptors (Lipinski definition) is 3. The van der Waals surface area contributed by atoms with Crippen LogP contribution in [-0.2, 0) is 6.42 Å². The number of nitrogens with zero attached hydrogens (tertiary/aromatic N) is 2. The number of carbonyl (C=O) groups is 1. The molecule has 1 atom stereocenters. The van der Waals surface area contributed by atoms with Gasteiger partial charge < -0.3 is 15.2 Å². The van der Waals surface area contributed by atoms with Gasteiger partial charge in [-0.25, -0.2) is 4.98 Å². The topological polar surface area (TPSA) is 61.0 Å². The Morgan fingerprint density at radius 1 is 1.25 bits per heavy atom. The average Bonchev–Trinajstić information content (AvgIpc) is 3.37. The Morgan fingerprint density at radius 2 is 2.11 bits per heavy atom. The van der Waals surface area contributed by atoms with E-state index in [9.17, 15) is 4.79 Å². The second kappa shape index (κ2) is 8.15. The standard InChI is InChI=1S/C23H28N4O/c1-3-27(13-11-22-25-20-9-8-16(2)14-21(20)26-22)23(28)19-7-5-4-6-18(19)17-10-12-24-15-17/h4-9,14,17,24H,3,10-13,15H2,1-2H3,(H,25,26)/t17-/m0/s1. The van der Waals surface area contributed by atoms with E-state index in [1.165, 1.54) is 11.1 Å². The maximum Gasteiger partial charge on any atom is 0.254 e. The molecule has 0 radical (unpaired) electrons. The Bertz CT molecular complexity index is 972. The van der Waals surface area contributed by atoms with Gasteiger partial charge in [0.2, 0.25) is 0 Å². The van der Waals surface area contributed by atoms with Gasteiger partial charge in [-0.3, -0.25) is 4.79 Å². The first kappa shape index (κ1) is 18.7. The minimum Gasteiger partial charge on any atom is -0.342 e. The van der Waals surface area contributed by atoms with Crippen molar-refractivity contribution in [3.63, 3.8) is 0 Å². The lowest BCUT2D eigenvalue weighted by Crippen LogP contribution is -2.33. The molecule has 0 bridgehead atoms. The highest BCUT2D eigenvalue weighted by Crippen LogP contribution is 2.26. The SMILES string of the molecule is CCN(CCc1nc2ccc(C)cc2[nH]1)C(=O)c1ccccc1[C@H]1CCNC1. The van der Waals surface area contributed by atoms with E-state index >= 15 is 0 Å². The van der Waals surface area contributed by atoms with Gasteiger partial charge in [0, 0.05) is 31.6 Å². The maximum absolute atomic E-state index is 13.3. The fourth-order valence-corrected chi connectivity index (χ4v) is 4.08. The van der Waals surface area contributed by atoms with Crippen LogP contribution in [0, 0.1) is 6.92 Å². The molecule has 1 amide bonds. The van der Waals surface area contributed by atoms with Gasteiger partial charge in [0.05, 0.1) is 11.0 Å². The van der Waals surface area contributed by atoms with Crippen molar-refractivity contribution in [3.8, 4) is 0 Å². The van der Waals surface area contributed by atoms with E-state index in [2.05, 4.69) is 40.4 Å². The number of rotatable bonds is 6. The first-order valence-corrected chi connectivity index (χ1v) is 10.2. The van der Waals surface area contributed by atoms with Crippen molar-refractivity contribution < 1.29 is 4.79 Å². The predicted molar refractivity (Wildman–Crippen MR) is 113 cm³/mol. The zero-order chi connectivity index (χ0) is 19.5. The molecule has 1 aromatic heterocycles. The molecule has 1 saturated heterocycles. The Labute approximate surface area is 166 Å². The Kier molecular flexibility index (Phi) is 5.44. The van der Waals surface area contributed by atoms with Crippen molar-refractivity contribution >= 4 is 16.9 Å². The fraction of sp³-hybridized carbons (Fsp3) is 0.391. The quantitative estimate of drug-likeness (QED) is 0.690. The summed E-state index contributed by atoms with van der Waals surface area (Å²) < 4.78 is 0. The normalized spacial score (nSPS) is 16.6. The summed E-state index contributed by atoms with van der Waals surface area (Å²) in [7, 11) is 0. The minimum atomic E-state index is 0.122. The van der Waals surface area contributed by atoms with Gasteiger partial charge in [0.25, 0.3) is 5.91 Å². The lowest BCUT2D eigenvalue weighted by atomic mass is 9.93. The molecular formula is C23H28N4O. The van der Waals surface area contributed by atoms with Gasteiger partial charge in [-0.05, 0) is 62.1 Å². The van der Waals surface area contributed by atoms with Crippen molar-refractivity contribution in [2.75, 3.05) is 26.2 Å². The van der Waals surface area contributed by atoms with E-state index < -0.39 is 0 Å². The van der Waals surface area contributed by atoms with E-state index in [1.54, 1.807) is 0 Å². The summed E-state index contributed by atoms with van der Waals surface area (Å²) in [5.41, 5.74) is 5.28. The van der Waals surface area contributed by atoms with Crippen LogP contribution >= 0.6 is 0 Å².